The van der Waals surface area contributed by atoms with Crippen LogP contribution in [0.3, 0.4) is 0 Å². The summed E-state index contributed by atoms with van der Waals surface area (Å²) in [6.07, 6.45) is 0. The van der Waals surface area contributed by atoms with Gasteiger partial charge in [0, 0.05) is 5.69 Å². The average molecular weight is 154 g/mol. The van der Waals surface area contributed by atoms with E-state index in [1.165, 1.54) is 6.07 Å². The van der Waals surface area contributed by atoms with Gasteiger partial charge >= 0.3 is 0 Å². The van der Waals surface area contributed by atoms with E-state index < -0.39 is 0 Å². The van der Waals surface area contributed by atoms with Crippen molar-refractivity contribution in [1.29, 1.82) is 0 Å². The van der Waals surface area contributed by atoms with E-state index in [0.717, 1.165) is 0 Å². The number of aromatic amines is 1. The molecule has 1 heterocycles. The second kappa shape index (κ2) is 2.75. The zero-order valence-electron chi connectivity index (χ0n) is 6.22. The number of hydrogen-bond donors (Lipinski definition) is 3. The van der Waals surface area contributed by atoms with Crippen LogP contribution in [-0.2, 0) is 6.61 Å². The highest BCUT2D eigenvalue weighted by molar-refractivity contribution is 5.39. The Morgan fingerprint density at radius 2 is 2.36 bits per heavy atom. The Labute approximate surface area is 63.7 Å². The molecule has 0 fully saturated rings. The summed E-state index contributed by atoms with van der Waals surface area (Å²) >= 11 is 0. The van der Waals surface area contributed by atoms with E-state index in [-0.39, 0.29) is 17.9 Å². The summed E-state index contributed by atoms with van der Waals surface area (Å²) in [5, 5.41) is 8.76. The van der Waals surface area contributed by atoms with Crippen molar-refractivity contribution < 1.29 is 5.11 Å². The first-order valence-electron chi connectivity index (χ1n) is 3.24. The van der Waals surface area contributed by atoms with Crippen LogP contribution < -0.4 is 11.3 Å². The van der Waals surface area contributed by atoms with Crippen LogP contribution in [0.4, 0.5) is 5.69 Å². The first-order chi connectivity index (χ1) is 5.15. The smallest absolute Gasteiger partial charge is 0.271 e. The Morgan fingerprint density at radius 3 is 2.91 bits per heavy atom. The van der Waals surface area contributed by atoms with E-state index >= 15 is 0 Å². The molecule has 0 aliphatic carbocycles. The third-order valence-corrected chi connectivity index (χ3v) is 1.54. The number of aliphatic hydroxyl groups is 1. The predicted octanol–water partition coefficient (Wildman–Crippen LogP) is -0.242. The maximum Gasteiger partial charge on any atom is 0.271 e. The molecule has 1 rings (SSSR count). The SMILES string of the molecule is Cc1[nH]c(=O)c(N)cc1CO. The van der Waals surface area contributed by atoms with Gasteiger partial charge in [0.25, 0.3) is 5.56 Å². The van der Waals surface area contributed by atoms with E-state index in [1.54, 1.807) is 6.92 Å². The van der Waals surface area contributed by atoms with Gasteiger partial charge in [0.2, 0.25) is 0 Å². The van der Waals surface area contributed by atoms with Crippen LogP contribution in [0, 0.1) is 6.92 Å². The predicted molar refractivity (Wildman–Crippen MR) is 42.1 cm³/mol. The number of aliphatic hydroxyl groups excluding tert-OH is 1. The number of anilines is 1. The van der Waals surface area contributed by atoms with Crippen molar-refractivity contribution in [3.63, 3.8) is 0 Å². The zero-order valence-corrected chi connectivity index (χ0v) is 6.22. The van der Waals surface area contributed by atoms with Crippen molar-refractivity contribution in [3.05, 3.63) is 27.7 Å². The number of hydrogen-bond acceptors (Lipinski definition) is 3. The Morgan fingerprint density at radius 1 is 1.73 bits per heavy atom. The van der Waals surface area contributed by atoms with Crippen LogP contribution in [0.5, 0.6) is 0 Å². The summed E-state index contributed by atoms with van der Waals surface area (Å²) in [4.78, 5) is 13.4. The summed E-state index contributed by atoms with van der Waals surface area (Å²) in [5.74, 6) is 0. The lowest BCUT2D eigenvalue weighted by Crippen LogP contribution is -2.14. The van der Waals surface area contributed by atoms with Crippen LogP contribution in [0.25, 0.3) is 0 Å². The van der Waals surface area contributed by atoms with Gasteiger partial charge in [0.05, 0.1) is 12.3 Å². The molecular weight excluding hydrogens is 144 g/mol. The number of rotatable bonds is 1. The van der Waals surface area contributed by atoms with Gasteiger partial charge in [-0.15, -0.1) is 0 Å². The summed E-state index contributed by atoms with van der Waals surface area (Å²) in [5.41, 5.74) is 6.46. The molecule has 4 heteroatoms. The van der Waals surface area contributed by atoms with Crippen LogP contribution in [0.1, 0.15) is 11.3 Å². The van der Waals surface area contributed by atoms with Crippen LogP contribution >= 0.6 is 0 Å². The minimum atomic E-state index is -0.306. The van der Waals surface area contributed by atoms with Crippen molar-refractivity contribution in [3.8, 4) is 0 Å². The molecule has 0 spiro atoms. The van der Waals surface area contributed by atoms with E-state index in [1.807, 2.05) is 0 Å². The lowest BCUT2D eigenvalue weighted by molar-refractivity contribution is 0.280. The van der Waals surface area contributed by atoms with Crippen molar-refractivity contribution in [1.82, 2.24) is 4.98 Å². The molecule has 1 aromatic heterocycles. The molecule has 4 N–H and O–H groups in total. The highest BCUT2D eigenvalue weighted by atomic mass is 16.3. The van der Waals surface area contributed by atoms with Gasteiger partial charge in [0.15, 0.2) is 0 Å². The molecule has 0 amide bonds. The number of nitrogens with one attached hydrogen (secondary N) is 1. The monoisotopic (exact) mass is 154 g/mol. The largest absolute Gasteiger partial charge is 0.394 e. The molecule has 0 unspecified atom stereocenters. The van der Waals surface area contributed by atoms with Crippen molar-refractivity contribution in [2.45, 2.75) is 13.5 Å². The van der Waals surface area contributed by atoms with Gasteiger partial charge in [-0.3, -0.25) is 4.79 Å². The standard InChI is InChI=1S/C7H10N2O2/c1-4-5(3-10)2-6(8)7(11)9-4/h2,10H,3,8H2,1H3,(H,9,11). The lowest BCUT2D eigenvalue weighted by atomic mass is 10.2. The molecule has 0 aliphatic rings. The maximum absolute atomic E-state index is 10.8. The van der Waals surface area contributed by atoms with Crippen LogP contribution in [0.2, 0.25) is 0 Å². The molecule has 60 valence electrons. The molecule has 11 heavy (non-hydrogen) atoms. The quantitative estimate of drug-likeness (QED) is 0.522. The van der Waals surface area contributed by atoms with E-state index in [4.69, 9.17) is 10.8 Å². The topological polar surface area (TPSA) is 79.1 Å². The first-order valence-corrected chi connectivity index (χ1v) is 3.24. The fraction of sp³-hybridized carbons (Fsp3) is 0.286. The van der Waals surface area contributed by atoms with Gasteiger partial charge < -0.3 is 15.8 Å². The molecule has 0 bridgehead atoms. The number of H-pyrrole nitrogens is 1. The van der Waals surface area contributed by atoms with E-state index in [9.17, 15) is 4.79 Å². The highest BCUT2D eigenvalue weighted by Gasteiger charge is 2.00. The number of pyridine rings is 1. The minimum absolute atomic E-state index is 0.104. The van der Waals surface area contributed by atoms with Gasteiger partial charge in [-0.2, -0.15) is 0 Å². The molecule has 4 nitrogen and oxygen atoms in total. The van der Waals surface area contributed by atoms with Crippen LogP contribution in [0.15, 0.2) is 10.9 Å². The average Bonchev–Trinajstić information content (AvgIpc) is 1.97. The summed E-state index contributed by atoms with van der Waals surface area (Å²) in [7, 11) is 0. The van der Waals surface area contributed by atoms with E-state index in [2.05, 4.69) is 4.98 Å². The second-order valence-electron chi connectivity index (χ2n) is 2.36. The Hall–Kier alpha value is -1.29. The third-order valence-electron chi connectivity index (χ3n) is 1.54. The highest BCUT2D eigenvalue weighted by Crippen LogP contribution is 2.04. The summed E-state index contributed by atoms with van der Waals surface area (Å²) < 4.78 is 0. The van der Waals surface area contributed by atoms with Crippen molar-refractivity contribution >= 4 is 5.69 Å². The fourth-order valence-electron chi connectivity index (χ4n) is 0.848. The van der Waals surface area contributed by atoms with Gasteiger partial charge in [-0.25, -0.2) is 0 Å². The Kier molecular flexibility index (Phi) is 1.96. The fourth-order valence-corrected chi connectivity index (χ4v) is 0.848. The van der Waals surface area contributed by atoms with Crippen molar-refractivity contribution in [2.24, 2.45) is 0 Å². The molecule has 0 radical (unpaired) electrons. The first kappa shape index (κ1) is 7.81. The Balaban J connectivity index is 3.32. The number of nitrogens with two attached hydrogens (primary N) is 1. The molecule has 0 saturated carbocycles. The molecule has 0 aromatic carbocycles. The third kappa shape index (κ3) is 1.40. The Bertz CT molecular complexity index is 317. The van der Waals surface area contributed by atoms with Gasteiger partial charge in [0.1, 0.15) is 0 Å². The molecule has 0 aliphatic heterocycles. The maximum atomic E-state index is 10.8. The molecule has 1 aromatic rings. The van der Waals surface area contributed by atoms with E-state index in [0.29, 0.717) is 11.3 Å². The van der Waals surface area contributed by atoms with Gasteiger partial charge in [-0.1, -0.05) is 0 Å². The summed E-state index contributed by atoms with van der Waals surface area (Å²) in [6, 6.07) is 1.48. The zero-order chi connectivity index (χ0) is 8.43. The number of nitrogen functional groups attached to an aromatic ring is 1. The summed E-state index contributed by atoms with van der Waals surface area (Å²) in [6.45, 7) is 1.61. The second-order valence-corrected chi connectivity index (χ2v) is 2.36. The lowest BCUT2D eigenvalue weighted by Gasteiger charge is -2.01. The van der Waals surface area contributed by atoms with Crippen LogP contribution in [-0.4, -0.2) is 10.1 Å². The number of aromatic nitrogens is 1. The van der Waals surface area contributed by atoms with Gasteiger partial charge in [-0.05, 0) is 18.6 Å². The minimum Gasteiger partial charge on any atom is -0.394 e. The van der Waals surface area contributed by atoms with Crippen molar-refractivity contribution in [2.75, 3.05) is 5.73 Å². The molecular formula is C7H10N2O2. The molecule has 0 atom stereocenters. The molecule has 0 saturated heterocycles. The normalized spacial score (nSPS) is 10.0. The number of aryl methyl sites for hydroxylation is 1.